The first-order valence-corrected chi connectivity index (χ1v) is 46.4. The van der Waals surface area contributed by atoms with Crippen LogP contribution in [0.3, 0.4) is 0 Å². The Balaban J connectivity index is 3.89. The van der Waals surface area contributed by atoms with E-state index in [1.54, 1.807) is 0 Å². The Morgan fingerprint density at radius 1 is 0.290 bits per heavy atom. The Morgan fingerprint density at radius 2 is 0.533 bits per heavy atom. The lowest BCUT2D eigenvalue weighted by Crippen LogP contribution is -2.40. The number of carbonyl (C=O) groups is 3. The minimum atomic E-state index is -1.51. The summed E-state index contributed by atoms with van der Waals surface area (Å²) in [5, 5.41) is 9.80. The van der Waals surface area contributed by atoms with Crippen molar-refractivity contribution in [3.05, 3.63) is 97.2 Å². The van der Waals surface area contributed by atoms with Crippen molar-refractivity contribution < 1.29 is 42.9 Å². The van der Waals surface area contributed by atoms with Crippen LogP contribution in [0.15, 0.2) is 97.2 Å². The lowest BCUT2D eigenvalue weighted by molar-refractivity contribution is -0.870. The third-order valence-electron chi connectivity index (χ3n) is 20.8. The molecule has 0 amide bonds. The highest BCUT2D eigenvalue weighted by Gasteiger charge is 2.25. The second-order valence-electron chi connectivity index (χ2n) is 32.6. The molecule has 0 aliphatic rings. The number of allylic oxidation sites excluding steroid dienone is 16. The summed E-state index contributed by atoms with van der Waals surface area (Å²) in [5.74, 6) is -1.97. The highest BCUT2D eigenvalue weighted by atomic mass is 16.7. The first-order valence-electron chi connectivity index (χ1n) is 46.4. The van der Waals surface area contributed by atoms with Gasteiger partial charge in [0, 0.05) is 12.8 Å². The Hall–Kier alpha value is -3.79. The van der Waals surface area contributed by atoms with E-state index in [-0.39, 0.29) is 38.2 Å². The molecule has 107 heavy (non-hydrogen) atoms. The van der Waals surface area contributed by atoms with Gasteiger partial charge in [0.1, 0.15) is 13.2 Å². The van der Waals surface area contributed by atoms with E-state index in [0.717, 1.165) is 83.5 Å². The van der Waals surface area contributed by atoms with Crippen LogP contribution in [0.5, 0.6) is 0 Å². The largest absolute Gasteiger partial charge is 0.477 e. The maximum atomic E-state index is 13.0. The number of carbonyl (C=O) groups excluding carboxylic acids is 2. The zero-order valence-electron chi connectivity index (χ0n) is 71.6. The van der Waals surface area contributed by atoms with Crippen molar-refractivity contribution in [1.82, 2.24) is 0 Å². The molecule has 0 fully saturated rings. The average molecular weight is 1500 g/mol. The molecule has 0 bridgehead atoms. The van der Waals surface area contributed by atoms with E-state index in [9.17, 15) is 19.5 Å². The Kier molecular flexibility index (Phi) is 84.7. The van der Waals surface area contributed by atoms with Crippen LogP contribution in [0.25, 0.3) is 0 Å². The number of quaternary nitrogens is 1. The molecule has 0 aliphatic heterocycles. The van der Waals surface area contributed by atoms with E-state index in [0.29, 0.717) is 17.4 Å². The van der Waals surface area contributed by atoms with Gasteiger partial charge in [-0.25, -0.2) is 4.79 Å². The van der Waals surface area contributed by atoms with Gasteiger partial charge in [-0.05, 0) is 96.3 Å². The molecule has 622 valence electrons. The van der Waals surface area contributed by atoms with Gasteiger partial charge in [0.15, 0.2) is 6.10 Å². The van der Waals surface area contributed by atoms with Gasteiger partial charge in [0.25, 0.3) is 6.29 Å². The third kappa shape index (κ3) is 89.3. The van der Waals surface area contributed by atoms with Crippen LogP contribution in [0, 0.1) is 0 Å². The van der Waals surface area contributed by atoms with Crippen molar-refractivity contribution in [1.29, 1.82) is 0 Å². The normalized spacial score (nSPS) is 13.0. The van der Waals surface area contributed by atoms with Crippen LogP contribution in [0.1, 0.15) is 450 Å². The van der Waals surface area contributed by atoms with E-state index >= 15 is 0 Å². The topological polar surface area (TPSA) is 108 Å². The standard InChI is InChI=1S/C98H177NO8/c1-6-8-10-12-14-16-18-20-22-24-26-28-30-32-34-36-38-40-42-44-46-48-50-52-54-56-58-60-62-64-66-68-70-72-74-76-78-80-82-84-86-88-95(100)105-92-94(93-106-98(97(102)103)104-91-90-99(3,4)5)107-96(101)89-87-85-83-81-79-77-75-73-71-69-67-65-63-61-59-57-55-53-51-49-47-45-43-41-39-37-35-33-31-29-27-25-23-21-19-17-15-13-11-9-7-2/h9,11,15,17-18,20-21,23-24,26-27,29-30,32-33,35,94,98H,6-8,10,12-14,16,19,22,25,28,31,34,36-93H2,1-5H3/p+1/b11-9-,17-15-,20-18-,23-21-,26-24-,29-27-,32-30-,35-33-. The molecular weight excluding hydrogens is 1320 g/mol. The van der Waals surface area contributed by atoms with Crippen molar-refractivity contribution in [2.24, 2.45) is 0 Å². The minimum Gasteiger partial charge on any atom is -0.477 e. The molecule has 0 aromatic rings. The van der Waals surface area contributed by atoms with E-state index in [1.807, 2.05) is 21.1 Å². The van der Waals surface area contributed by atoms with Gasteiger partial charge < -0.3 is 28.5 Å². The van der Waals surface area contributed by atoms with E-state index in [4.69, 9.17) is 18.9 Å². The molecule has 0 aliphatic carbocycles. The molecule has 2 atom stereocenters. The zero-order valence-corrected chi connectivity index (χ0v) is 71.6. The van der Waals surface area contributed by atoms with Crippen molar-refractivity contribution >= 4 is 17.9 Å². The number of carboxylic acids is 1. The van der Waals surface area contributed by atoms with Gasteiger partial charge in [-0.15, -0.1) is 0 Å². The van der Waals surface area contributed by atoms with Gasteiger partial charge >= 0.3 is 17.9 Å². The van der Waals surface area contributed by atoms with Crippen LogP contribution in [0.2, 0.25) is 0 Å². The molecule has 9 heteroatoms. The van der Waals surface area contributed by atoms with Crippen LogP contribution in [-0.4, -0.2) is 87.4 Å². The minimum absolute atomic E-state index is 0.177. The van der Waals surface area contributed by atoms with Crippen molar-refractivity contribution in [3.63, 3.8) is 0 Å². The summed E-state index contributed by atoms with van der Waals surface area (Å²) in [6.07, 6.45) is 121. The summed E-state index contributed by atoms with van der Waals surface area (Å²) in [5.41, 5.74) is 0. The summed E-state index contributed by atoms with van der Waals surface area (Å²) in [7, 11) is 6.00. The number of carboxylic acid groups (broad SMARTS) is 1. The Bertz CT molecular complexity index is 2100. The lowest BCUT2D eigenvalue weighted by atomic mass is 10.0. The second kappa shape index (κ2) is 87.8. The van der Waals surface area contributed by atoms with Crippen molar-refractivity contribution in [2.45, 2.75) is 463 Å². The molecule has 1 N–H and O–H groups in total. The molecule has 0 heterocycles. The molecule has 0 rings (SSSR count). The van der Waals surface area contributed by atoms with Crippen LogP contribution < -0.4 is 0 Å². The molecule has 0 aromatic heterocycles. The summed E-state index contributed by atoms with van der Waals surface area (Å²) in [6, 6.07) is 0. The fraction of sp³-hybridized carbons (Fsp3) is 0.806. The third-order valence-corrected chi connectivity index (χ3v) is 20.8. The highest BCUT2D eigenvalue weighted by molar-refractivity contribution is 5.71. The molecule has 0 spiro atoms. The predicted molar refractivity (Wildman–Crippen MR) is 465 cm³/mol. The molecule has 0 radical (unpaired) electrons. The van der Waals surface area contributed by atoms with Gasteiger partial charge in [0.2, 0.25) is 0 Å². The van der Waals surface area contributed by atoms with Crippen LogP contribution >= 0.6 is 0 Å². The maximum absolute atomic E-state index is 13.0. The molecule has 0 aromatic carbocycles. The van der Waals surface area contributed by atoms with Crippen molar-refractivity contribution in [3.8, 4) is 0 Å². The first kappa shape index (κ1) is 103. The highest BCUT2D eigenvalue weighted by Crippen LogP contribution is 2.21. The lowest BCUT2D eigenvalue weighted by Gasteiger charge is -2.25. The quantitative estimate of drug-likeness (QED) is 0.0211. The first-order chi connectivity index (χ1) is 52.6. The van der Waals surface area contributed by atoms with E-state index < -0.39 is 18.4 Å². The number of ether oxygens (including phenoxy) is 4. The maximum Gasteiger partial charge on any atom is 0.361 e. The number of hydrogen-bond acceptors (Lipinski definition) is 7. The number of rotatable bonds is 87. The number of hydrogen-bond donors (Lipinski definition) is 1. The fourth-order valence-corrected chi connectivity index (χ4v) is 13.8. The monoisotopic (exact) mass is 1500 g/mol. The molecule has 9 nitrogen and oxygen atoms in total. The number of nitrogens with zero attached hydrogens (tertiary/aromatic N) is 1. The number of aliphatic carboxylic acids is 1. The van der Waals surface area contributed by atoms with E-state index in [2.05, 4.69) is 111 Å². The van der Waals surface area contributed by atoms with Gasteiger partial charge in [-0.2, -0.15) is 0 Å². The summed E-state index contributed by atoms with van der Waals surface area (Å²) >= 11 is 0. The summed E-state index contributed by atoms with van der Waals surface area (Å²) < 4.78 is 23.1. The van der Waals surface area contributed by atoms with Gasteiger partial charge in [0.05, 0.1) is 34.4 Å². The fourth-order valence-electron chi connectivity index (χ4n) is 13.8. The Morgan fingerprint density at radius 3 is 0.794 bits per heavy atom. The predicted octanol–water partition coefficient (Wildman–Crippen LogP) is 30.6. The van der Waals surface area contributed by atoms with Gasteiger partial charge in [-0.3, -0.25) is 9.59 Å². The van der Waals surface area contributed by atoms with Gasteiger partial charge in [-0.1, -0.05) is 439 Å². The molecular formula is C98H178NO8+. The molecule has 0 saturated heterocycles. The Labute approximate surface area is 664 Å². The van der Waals surface area contributed by atoms with Crippen molar-refractivity contribution in [2.75, 3.05) is 47.5 Å². The number of unbranched alkanes of at least 4 members (excludes halogenated alkanes) is 56. The number of likely N-dealkylation sites (N-methyl/N-ethyl adjacent to an activating group) is 1. The van der Waals surface area contributed by atoms with E-state index in [1.165, 1.54) is 340 Å². The van der Waals surface area contributed by atoms with Crippen LogP contribution in [-0.2, 0) is 33.3 Å². The number of esters is 2. The smallest absolute Gasteiger partial charge is 0.361 e. The molecule has 2 unspecified atom stereocenters. The SMILES string of the molecule is CC/C=C\C/C=C\C/C=C\C/C=C\C/C=C\CCCCCCCCCCCCCCCCCCCCCCCCCCCC(=O)OC(COC(=O)CCCCCCCCCCCCCCCCCCCCCCCCCCCC/C=C\C/C=C\C/C=C\CCCCCCC)COC(OCC[N+](C)(C)C)C(=O)O. The van der Waals surface area contributed by atoms with Crippen LogP contribution in [0.4, 0.5) is 0 Å². The second-order valence-corrected chi connectivity index (χ2v) is 32.6. The molecule has 0 saturated carbocycles. The zero-order chi connectivity index (χ0) is 77.4. The average Bonchev–Trinajstić information content (AvgIpc) is 0.965. The summed E-state index contributed by atoms with van der Waals surface area (Å²) in [6.45, 7) is 4.82. The summed E-state index contributed by atoms with van der Waals surface area (Å²) in [4.78, 5) is 37.9.